The van der Waals surface area contributed by atoms with Crippen LogP contribution < -0.4 is 5.73 Å². The third kappa shape index (κ3) is 5.86. The zero-order valence-corrected chi connectivity index (χ0v) is 23.8. The number of rotatable bonds is 5. The number of hydrogen-bond acceptors (Lipinski definition) is 7. The van der Waals surface area contributed by atoms with Crippen LogP contribution in [0.5, 0.6) is 0 Å². The van der Waals surface area contributed by atoms with Crippen molar-refractivity contribution in [2.45, 2.75) is 38.9 Å². The molecule has 1 aliphatic rings. The monoisotopic (exact) mass is 596 g/mol. The van der Waals surface area contributed by atoms with E-state index in [1.807, 2.05) is 6.92 Å². The van der Waals surface area contributed by atoms with E-state index in [0.29, 0.717) is 40.8 Å². The summed E-state index contributed by atoms with van der Waals surface area (Å²) in [7, 11) is -3.36. The highest BCUT2D eigenvalue weighted by Crippen LogP contribution is 2.33. The molecule has 5 rings (SSSR count). The van der Waals surface area contributed by atoms with E-state index >= 15 is 0 Å². The third-order valence-electron chi connectivity index (χ3n) is 7.31. The Hall–Kier alpha value is -4.28. The standard InChI is InChI=1S/C29H27F3N6O3S/c1-17-4-6-19(13-25(39)21-7-5-18(2)23(14-21)29(30,31)32)12-20(17)8-9-24-26-27(33)34-16-35-28(26)38(36-24)22-10-11-37(15-22)42(3,40)41/h4-7,12,14,16,22H,10-11,13,15H2,1-3H3,(H2,33,34,35)/t22-/m1/s1. The Morgan fingerprint density at radius 2 is 1.83 bits per heavy atom. The molecule has 0 saturated carbocycles. The molecule has 0 amide bonds. The molecule has 13 heteroatoms. The SMILES string of the molecule is Cc1ccc(CC(=O)c2ccc(C)c(C(F)(F)F)c2)cc1C#Cc1nn([C@@H]2CCN(S(C)(=O)=O)C2)c2ncnc(N)c12. The smallest absolute Gasteiger partial charge is 0.383 e. The van der Waals surface area contributed by atoms with Crippen molar-refractivity contribution in [3.05, 3.63) is 81.8 Å². The van der Waals surface area contributed by atoms with Crippen LogP contribution in [0.2, 0.25) is 0 Å². The number of Topliss-reactive ketones (excluding diaryl/α,β-unsaturated/α-hetero) is 1. The summed E-state index contributed by atoms with van der Waals surface area (Å²) in [6.07, 6.45) is -1.64. The van der Waals surface area contributed by atoms with Crippen LogP contribution in [-0.2, 0) is 22.6 Å². The van der Waals surface area contributed by atoms with Crippen molar-refractivity contribution in [2.24, 2.45) is 0 Å². The first-order valence-corrected chi connectivity index (χ1v) is 14.8. The zero-order valence-electron chi connectivity index (χ0n) is 23.0. The van der Waals surface area contributed by atoms with Crippen molar-refractivity contribution in [3.63, 3.8) is 0 Å². The number of carbonyl (C=O) groups is 1. The molecule has 2 N–H and O–H groups in total. The third-order valence-corrected chi connectivity index (χ3v) is 8.58. The normalized spacial score (nSPS) is 16.0. The maximum Gasteiger partial charge on any atom is 0.416 e. The van der Waals surface area contributed by atoms with E-state index in [2.05, 4.69) is 26.9 Å². The van der Waals surface area contributed by atoms with Gasteiger partial charge in [0.15, 0.2) is 11.4 Å². The number of ketones is 1. The number of carbonyl (C=O) groups excluding carboxylic acids is 1. The average molecular weight is 597 g/mol. The minimum Gasteiger partial charge on any atom is -0.383 e. The van der Waals surface area contributed by atoms with Crippen molar-refractivity contribution in [2.75, 3.05) is 25.1 Å². The number of alkyl halides is 3. The van der Waals surface area contributed by atoms with Gasteiger partial charge in [0.2, 0.25) is 10.0 Å². The Bertz CT molecular complexity index is 1890. The molecule has 1 fully saturated rings. The number of nitrogen functional groups attached to an aromatic ring is 1. The molecule has 2 aromatic heterocycles. The van der Waals surface area contributed by atoms with E-state index in [0.717, 1.165) is 17.9 Å². The molecule has 0 aliphatic carbocycles. The number of anilines is 1. The molecule has 0 radical (unpaired) electrons. The molecule has 218 valence electrons. The molecule has 9 nitrogen and oxygen atoms in total. The summed E-state index contributed by atoms with van der Waals surface area (Å²) in [5, 5.41) is 5.08. The summed E-state index contributed by atoms with van der Waals surface area (Å²) in [5.41, 5.74) is 8.13. The highest BCUT2D eigenvalue weighted by atomic mass is 32.2. The van der Waals surface area contributed by atoms with Gasteiger partial charge in [0, 0.05) is 30.6 Å². The second-order valence-electron chi connectivity index (χ2n) is 10.3. The predicted octanol–water partition coefficient (Wildman–Crippen LogP) is 4.08. The second kappa shape index (κ2) is 10.8. The Morgan fingerprint density at radius 1 is 1.10 bits per heavy atom. The van der Waals surface area contributed by atoms with Gasteiger partial charge in [-0.1, -0.05) is 30.2 Å². The van der Waals surface area contributed by atoms with Gasteiger partial charge in [-0.25, -0.2) is 23.1 Å². The van der Waals surface area contributed by atoms with Gasteiger partial charge in [0.05, 0.1) is 23.2 Å². The van der Waals surface area contributed by atoms with E-state index in [9.17, 15) is 26.4 Å². The predicted molar refractivity (Wildman–Crippen MR) is 151 cm³/mol. The molecule has 1 atom stereocenters. The lowest BCUT2D eigenvalue weighted by Gasteiger charge is -2.13. The number of nitrogens with two attached hydrogens (primary N) is 1. The van der Waals surface area contributed by atoms with Crippen LogP contribution in [0.15, 0.2) is 42.7 Å². The van der Waals surface area contributed by atoms with Crippen LogP contribution in [0, 0.1) is 25.7 Å². The minimum atomic E-state index is -4.55. The van der Waals surface area contributed by atoms with E-state index in [1.165, 1.54) is 29.7 Å². The Morgan fingerprint density at radius 3 is 2.52 bits per heavy atom. The fourth-order valence-electron chi connectivity index (χ4n) is 4.98. The number of fused-ring (bicyclic) bond motifs is 1. The van der Waals surface area contributed by atoms with E-state index in [4.69, 9.17) is 5.73 Å². The van der Waals surface area contributed by atoms with Crippen LogP contribution in [0.25, 0.3) is 11.0 Å². The van der Waals surface area contributed by atoms with Crippen LogP contribution in [0.1, 0.15) is 56.3 Å². The second-order valence-corrected chi connectivity index (χ2v) is 12.3. The van der Waals surface area contributed by atoms with Gasteiger partial charge in [-0.2, -0.15) is 22.6 Å². The molecule has 4 aromatic rings. The summed E-state index contributed by atoms with van der Waals surface area (Å²) in [6, 6.07) is 8.57. The summed E-state index contributed by atoms with van der Waals surface area (Å²) in [6.45, 7) is 3.80. The molecular weight excluding hydrogens is 569 g/mol. The van der Waals surface area contributed by atoms with Crippen LogP contribution in [-0.4, -0.2) is 57.6 Å². The van der Waals surface area contributed by atoms with Gasteiger partial charge < -0.3 is 5.73 Å². The fourth-order valence-corrected chi connectivity index (χ4v) is 5.86. The molecule has 0 spiro atoms. The Balaban J connectivity index is 1.45. The van der Waals surface area contributed by atoms with Gasteiger partial charge in [-0.15, -0.1) is 0 Å². The van der Waals surface area contributed by atoms with Crippen molar-refractivity contribution >= 4 is 32.7 Å². The highest BCUT2D eigenvalue weighted by molar-refractivity contribution is 7.88. The Labute approximate surface area is 240 Å². The minimum absolute atomic E-state index is 0.0185. The van der Waals surface area contributed by atoms with E-state index in [-0.39, 0.29) is 36.0 Å². The summed E-state index contributed by atoms with van der Waals surface area (Å²) in [5.74, 6) is 5.84. The van der Waals surface area contributed by atoms with Crippen LogP contribution in [0.3, 0.4) is 0 Å². The molecule has 0 bridgehead atoms. The molecule has 0 unspecified atom stereocenters. The maximum absolute atomic E-state index is 13.3. The van der Waals surface area contributed by atoms with Crippen LogP contribution in [0.4, 0.5) is 19.0 Å². The number of halogens is 3. The number of aryl methyl sites for hydroxylation is 2. The first-order valence-electron chi connectivity index (χ1n) is 13.0. The van der Waals surface area contributed by atoms with Gasteiger partial charge in [-0.3, -0.25) is 4.79 Å². The maximum atomic E-state index is 13.3. The number of sulfonamides is 1. The summed E-state index contributed by atoms with van der Waals surface area (Å²) < 4.78 is 67.1. The average Bonchev–Trinajstić information content (AvgIpc) is 3.54. The molecule has 1 aliphatic heterocycles. The quantitative estimate of drug-likeness (QED) is 0.272. The molecule has 42 heavy (non-hydrogen) atoms. The topological polar surface area (TPSA) is 124 Å². The van der Waals surface area contributed by atoms with Crippen LogP contribution >= 0.6 is 0 Å². The molecule has 1 saturated heterocycles. The Kier molecular flexibility index (Phi) is 7.55. The highest BCUT2D eigenvalue weighted by Gasteiger charge is 2.33. The zero-order chi connectivity index (χ0) is 30.4. The van der Waals surface area contributed by atoms with E-state index in [1.54, 1.807) is 22.9 Å². The van der Waals surface area contributed by atoms with Gasteiger partial charge in [0.25, 0.3) is 0 Å². The lowest BCUT2D eigenvalue weighted by atomic mass is 9.96. The molecule has 3 heterocycles. The first-order chi connectivity index (χ1) is 19.7. The number of nitrogens with zero attached hydrogens (tertiary/aromatic N) is 5. The van der Waals surface area contributed by atoms with Crippen molar-refractivity contribution in [3.8, 4) is 11.8 Å². The van der Waals surface area contributed by atoms with Crippen molar-refractivity contribution in [1.82, 2.24) is 24.1 Å². The van der Waals surface area contributed by atoms with E-state index < -0.39 is 27.5 Å². The first kappa shape index (κ1) is 29.2. The number of hydrogen-bond donors (Lipinski definition) is 1. The fraction of sp³-hybridized carbons (Fsp3) is 0.310. The van der Waals surface area contributed by atoms with Crippen molar-refractivity contribution in [1.29, 1.82) is 0 Å². The van der Waals surface area contributed by atoms with Gasteiger partial charge >= 0.3 is 6.18 Å². The summed E-state index contributed by atoms with van der Waals surface area (Å²) >= 11 is 0. The number of benzene rings is 2. The van der Waals surface area contributed by atoms with Gasteiger partial charge in [0.1, 0.15) is 17.8 Å². The molecule has 2 aromatic carbocycles. The lowest BCUT2D eigenvalue weighted by Crippen LogP contribution is -2.28. The van der Waals surface area contributed by atoms with Crippen molar-refractivity contribution < 1.29 is 26.4 Å². The summed E-state index contributed by atoms with van der Waals surface area (Å²) in [4.78, 5) is 21.3. The number of aromatic nitrogens is 4. The largest absolute Gasteiger partial charge is 0.416 e. The molecular formula is C29H27F3N6O3S. The van der Waals surface area contributed by atoms with Gasteiger partial charge in [-0.05, 0) is 55.0 Å². The lowest BCUT2D eigenvalue weighted by molar-refractivity contribution is -0.138.